The van der Waals surface area contributed by atoms with Crippen LogP contribution in [0.5, 0.6) is 0 Å². The van der Waals surface area contributed by atoms with Crippen LogP contribution in [-0.4, -0.2) is 79.2 Å². The van der Waals surface area contributed by atoms with Gasteiger partial charge in [0.15, 0.2) is 0 Å². The molecule has 1 aliphatic carbocycles. The molecular weight excluding hydrogens is 444 g/mol. The number of piperidine rings is 2. The van der Waals surface area contributed by atoms with Crippen LogP contribution in [0.15, 0.2) is 4.99 Å². The number of hydrogen-bond donors (Lipinski definition) is 2. The van der Waals surface area contributed by atoms with Gasteiger partial charge in [0.2, 0.25) is 11.9 Å². The van der Waals surface area contributed by atoms with Crippen molar-refractivity contribution < 1.29 is 14.3 Å². The number of rotatable bonds is 6. The van der Waals surface area contributed by atoms with Crippen molar-refractivity contribution in [3.8, 4) is 6.07 Å². The zero-order valence-electron chi connectivity index (χ0n) is 21.9. The van der Waals surface area contributed by atoms with E-state index in [0.717, 1.165) is 51.9 Å². The molecule has 0 bridgehead atoms. The van der Waals surface area contributed by atoms with Crippen molar-refractivity contribution in [1.29, 1.82) is 5.26 Å². The van der Waals surface area contributed by atoms with Crippen molar-refractivity contribution in [2.24, 2.45) is 16.8 Å². The van der Waals surface area contributed by atoms with Crippen molar-refractivity contribution >= 4 is 18.0 Å². The Kier molecular flexibility index (Phi) is 10.2. The Morgan fingerprint density at radius 2 is 1.86 bits per heavy atom. The van der Waals surface area contributed by atoms with E-state index in [2.05, 4.69) is 33.4 Å². The lowest BCUT2D eigenvalue weighted by atomic mass is 9.84. The number of carbonyl (C=O) groups excluding carboxylic acids is 2. The third kappa shape index (κ3) is 8.09. The lowest BCUT2D eigenvalue weighted by Crippen LogP contribution is -2.56. The Hall–Kier alpha value is -2.34. The summed E-state index contributed by atoms with van der Waals surface area (Å²) < 4.78 is 5.14. The van der Waals surface area contributed by atoms with Crippen LogP contribution in [0, 0.1) is 23.2 Å². The highest BCUT2D eigenvalue weighted by atomic mass is 16.5. The summed E-state index contributed by atoms with van der Waals surface area (Å²) in [6, 6.07) is 1.74. The second-order valence-corrected chi connectivity index (χ2v) is 10.7. The number of nitriles is 1. The van der Waals surface area contributed by atoms with Crippen LogP contribution in [0.1, 0.15) is 78.1 Å². The van der Waals surface area contributed by atoms with E-state index in [4.69, 9.17) is 9.73 Å². The molecule has 35 heavy (non-hydrogen) atoms. The number of alkyl carbamates (subject to hydrolysis) is 1. The molecule has 9 heteroatoms. The molecule has 3 aliphatic rings. The van der Waals surface area contributed by atoms with Crippen molar-refractivity contribution in [2.75, 3.05) is 39.8 Å². The number of hydrogen-bond acceptors (Lipinski definition) is 6. The molecule has 0 aromatic carbocycles. The first-order chi connectivity index (χ1) is 16.8. The van der Waals surface area contributed by atoms with E-state index in [-0.39, 0.29) is 12.5 Å². The highest BCUT2D eigenvalue weighted by molar-refractivity contribution is 5.96. The van der Waals surface area contributed by atoms with Crippen molar-refractivity contribution in [1.82, 2.24) is 20.4 Å². The topological polar surface area (TPSA) is 110 Å². The second-order valence-electron chi connectivity index (χ2n) is 10.7. The summed E-state index contributed by atoms with van der Waals surface area (Å²) in [6.45, 7) is 7.32. The number of nitrogens with zero attached hydrogens (tertiary/aromatic N) is 4. The Morgan fingerprint density at radius 1 is 1.14 bits per heavy atom. The van der Waals surface area contributed by atoms with Gasteiger partial charge in [-0.2, -0.15) is 5.26 Å². The van der Waals surface area contributed by atoms with E-state index in [1.807, 2.05) is 7.05 Å². The molecule has 3 rings (SSSR count). The minimum absolute atomic E-state index is 0.213. The number of carbonyl (C=O) groups is 2. The molecule has 196 valence electrons. The van der Waals surface area contributed by atoms with Crippen molar-refractivity contribution in [2.45, 2.75) is 89.6 Å². The Labute approximate surface area is 210 Å². The molecule has 2 saturated heterocycles. The van der Waals surface area contributed by atoms with Gasteiger partial charge < -0.3 is 19.9 Å². The highest BCUT2D eigenvalue weighted by Gasteiger charge is 2.38. The summed E-state index contributed by atoms with van der Waals surface area (Å²) in [4.78, 5) is 35.2. The number of likely N-dealkylation sites (tertiary alicyclic amines) is 2. The van der Waals surface area contributed by atoms with E-state index in [0.29, 0.717) is 37.1 Å². The van der Waals surface area contributed by atoms with Gasteiger partial charge in [0.25, 0.3) is 0 Å². The maximum absolute atomic E-state index is 13.7. The number of guanidine groups is 1. The molecule has 2 heterocycles. The smallest absolute Gasteiger partial charge is 0.413 e. The monoisotopic (exact) mass is 488 g/mol. The standard InChI is InChI=1S/C26H44N6O3/c1-4-35-25(34)29-24(32-14-8-9-20(2)18-32)28-22(17-21-10-6-5-7-11-21)23(33)30-26(19-27)12-15-31(3)16-13-26/h20-22H,4-18H2,1-3H3,(H,30,33)(H,28,29,34). The van der Waals surface area contributed by atoms with Crippen molar-refractivity contribution in [3.05, 3.63) is 0 Å². The van der Waals surface area contributed by atoms with Crippen LogP contribution in [-0.2, 0) is 9.53 Å². The summed E-state index contributed by atoms with van der Waals surface area (Å²) in [7, 11) is 2.03. The van der Waals surface area contributed by atoms with Gasteiger partial charge >= 0.3 is 6.09 Å². The Bertz CT molecular complexity index is 780. The van der Waals surface area contributed by atoms with Crippen LogP contribution < -0.4 is 10.6 Å². The number of aliphatic imine (C=N–C) groups is 1. The molecular formula is C26H44N6O3. The van der Waals surface area contributed by atoms with E-state index in [1.54, 1.807) is 6.92 Å². The third-order valence-corrected chi connectivity index (χ3v) is 7.73. The molecule has 2 unspecified atom stereocenters. The minimum Gasteiger partial charge on any atom is -0.450 e. The average molecular weight is 489 g/mol. The van der Waals surface area contributed by atoms with E-state index in [1.165, 1.54) is 19.3 Å². The number of ether oxygens (including phenoxy) is 1. The van der Waals surface area contributed by atoms with Gasteiger partial charge in [0, 0.05) is 26.2 Å². The molecule has 1 saturated carbocycles. The fourth-order valence-electron chi connectivity index (χ4n) is 5.52. The Morgan fingerprint density at radius 3 is 2.49 bits per heavy atom. The largest absolute Gasteiger partial charge is 0.450 e. The van der Waals surface area contributed by atoms with E-state index in [9.17, 15) is 14.9 Å². The van der Waals surface area contributed by atoms with Crippen LogP contribution in [0.3, 0.4) is 0 Å². The maximum atomic E-state index is 13.7. The molecule has 2 aliphatic heterocycles. The zero-order valence-corrected chi connectivity index (χ0v) is 21.9. The maximum Gasteiger partial charge on any atom is 0.413 e. The predicted octanol–water partition coefficient (Wildman–Crippen LogP) is 3.26. The minimum atomic E-state index is -0.863. The first kappa shape index (κ1) is 27.3. The van der Waals surface area contributed by atoms with E-state index >= 15 is 0 Å². The molecule has 0 aromatic rings. The van der Waals surface area contributed by atoms with Crippen LogP contribution in [0.2, 0.25) is 0 Å². The second kappa shape index (κ2) is 13.1. The SMILES string of the molecule is CCOC(=O)NC(=NC(CC1CCCCC1)C(=O)NC1(C#N)CCN(C)CC1)N1CCCC(C)C1. The highest BCUT2D eigenvalue weighted by Crippen LogP contribution is 2.29. The first-order valence-electron chi connectivity index (χ1n) is 13.5. The quantitative estimate of drug-likeness (QED) is 0.439. The fourth-order valence-corrected chi connectivity index (χ4v) is 5.52. The normalized spacial score (nSPS) is 24.8. The van der Waals surface area contributed by atoms with Gasteiger partial charge in [-0.1, -0.05) is 39.0 Å². The summed E-state index contributed by atoms with van der Waals surface area (Å²) in [6.07, 6.45) is 9.20. The van der Waals surface area contributed by atoms with Gasteiger partial charge in [-0.05, 0) is 57.9 Å². The number of nitrogens with one attached hydrogen (secondary N) is 2. The van der Waals surface area contributed by atoms with Crippen LogP contribution >= 0.6 is 0 Å². The fraction of sp³-hybridized carbons (Fsp3) is 0.846. The summed E-state index contributed by atoms with van der Waals surface area (Å²) >= 11 is 0. The lowest BCUT2D eigenvalue weighted by molar-refractivity contribution is -0.124. The average Bonchev–Trinajstić information content (AvgIpc) is 2.85. The zero-order chi connectivity index (χ0) is 25.3. The van der Waals surface area contributed by atoms with Gasteiger partial charge in [-0.15, -0.1) is 0 Å². The van der Waals surface area contributed by atoms with E-state index < -0.39 is 17.7 Å². The Balaban J connectivity index is 1.85. The summed E-state index contributed by atoms with van der Waals surface area (Å²) in [5.74, 6) is 1.10. The molecule has 2 atom stereocenters. The lowest BCUT2D eigenvalue weighted by Gasteiger charge is -2.37. The van der Waals surface area contributed by atoms with Crippen LogP contribution in [0.4, 0.5) is 4.79 Å². The van der Waals surface area contributed by atoms with Gasteiger partial charge in [0.05, 0.1) is 12.7 Å². The van der Waals surface area contributed by atoms with Gasteiger partial charge in [0.1, 0.15) is 11.6 Å². The summed E-state index contributed by atoms with van der Waals surface area (Å²) in [5.41, 5.74) is -0.863. The molecule has 2 amide bonds. The molecule has 0 aromatic heterocycles. The molecule has 2 N–H and O–H groups in total. The third-order valence-electron chi connectivity index (χ3n) is 7.73. The van der Waals surface area contributed by atoms with Crippen LogP contribution in [0.25, 0.3) is 0 Å². The number of amides is 2. The van der Waals surface area contributed by atoms with Gasteiger partial charge in [-0.25, -0.2) is 9.79 Å². The molecule has 0 spiro atoms. The summed E-state index contributed by atoms with van der Waals surface area (Å²) in [5, 5.41) is 15.9. The molecule has 9 nitrogen and oxygen atoms in total. The first-order valence-corrected chi connectivity index (χ1v) is 13.5. The van der Waals surface area contributed by atoms with Crippen molar-refractivity contribution in [3.63, 3.8) is 0 Å². The van der Waals surface area contributed by atoms with Gasteiger partial charge in [-0.3, -0.25) is 10.1 Å². The molecule has 0 radical (unpaired) electrons. The predicted molar refractivity (Wildman–Crippen MR) is 136 cm³/mol. The molecule has 3 fully saturated rings.